The Labute approximate surface area is 168 Å². The second kappa shape index (κ2) is 8.48. The van der Waals surface area contributed by atoms with Crippen molar-refractivity contribution in [3.8, 4) is 5.75 Å². The molecule has 1 aliphatic rings. The lowest BCUT2D eigenvalue weighted by Gasteiger charge is -2.17. The number of hydrogen-bond acceptors (Lipinski definition) is 6. The highest BCUT2D eigenvalue weighted by Crippen LogP contribution is 2.38. The lowest BCUT2D eigenvalue weighted by atomic mass is 10.2. The second-order valence-corrected chi connectivity index (χ2v) is 6.94. The van der Waals surface area contributed by atoms with Gasteiger partial charge in [0.1, 0.15) is 11.4 Å². The monoisotopic (exact) mass is 516 g/mol. The van der Waals surface area contributed by atoms with Crippen molar-refractivity contribution < 1.29 is 37.3 Å². The van der Waals surface area contributed by atoms with Crippen LogP contribution in [0.3, 0.4) is 0 Å². The van der Waals surface area contributed by atoms with E-state index in [4.69, 9.17) is 5.11 Å². The van der Waals surface area contributed by atoms with E-state index in [1.807, 2.05) is 0 Å². The van der Waals surface area contributed by atoms with Crippen molar-refractivity contribution in [2.75, 3.05) is 32.1 Å². The van der Waals surface area contributed by atoms with E-state index in [1.165, 1.54) is 4.90 Å². The summed E-state index contributed by atoms with van der Waals surface area (Å²) in [7, 11) is 1.15. The van der Waals surface area contributed by atoms with Crippen molar-refractivity contribution in [2.45, 2.75) is 6.36 Å². The summed E-state index contributed by atoms with van der Waals surface area (Å²) in [4.78, 5) is 25.7. The van der Waals surface area contributed by atoms with Gasteiger partial charge >= 0.3 is 12.3 Å². The first-order chi connectivity index (χ1) is 12.6. The van der Waals surface area contributed by atoms with E-state index in [0.717, 1.165) is 19.2 Å². The number of aliphatic hydroxyl groups excluding tert-OH is 1. The van der Waals surface area contributed by atoms with Gasteiger partial charge in [-0.05, 0) is 44.0 Å². The highest BCUT2D eigenvalue weighted by Gasteiger charge is 2.35. The Morgan fingerprint density at radius 2 is 1.93 bits per heavy atom. The predicted molar refractivity (Wildman–Crippen MR) is 94.9 cm³/mol. The van der Waals surface area contributed by atoms with Crippen molar-refractivity contribution in [1.29, 1.82) is 0 Å². The minimum Gasteiger partial charge on any atom is -0.466 e. The Morgan fingerprint density at radius 3 is 2.41 bits per heavy atom. The fraction of sp³-hybridized carbons (Fsp3) is 0.333. The van der Waals surface area contributed by atoms with Crippen LogP contribution in [0, 0.1) is 0 Å². The third-order valence-electron chi connectivity index (χ3n) is 3.45. The highest BCUT2D eigenvalue weighted by atomic mass is 79.9. The number of β-amino-alcohol motifs (C(OH)–C–C–N with tert-alkyl or cyclic N) is 1. The van der Waals surface area contributed by atoms with Gasteiger partial charge < -0.3 is 24.8 Å². The van der Waals surface area contributed by atoms with Gasteiger partial charge in [-0.15, -0.1) is 13.2 Å². The molecule has 0 aromatic heterocycles. The zero-order valence-corrected chi connectivity index (χ0v) is 16.9. The molecule has 2 rings (SSSR count). The molecule has 0 bridgehead atoms. The molecule has 12 heteroatoms. The summed E-state index contributed by atoms with van der Waals surface area (Å²) in [5.74, 6) is -1.77. The molecule has 1 aliphatic heterocycles. The third-order valence-corrected chi connectivity index (χ3v) is 4.70. The van der Waals surface area contributed by atoms with Gasteiger partial charge in [-0.2, -0.15) is 0 Å². The molecule has 27 heavy (non-hydrogen) atoms. The number of nitrogens with one attached hydrogen (secondary N) is 1. The van der Waals surface area contributed by atoms with Crippen molar-refractivity contribution in [3.63, 3.8) is 0 Å². The Morgan fingerprint density at radius 1 is 1.33 bits per heavy atom. The molecule has 0 unspecified atom stereocenters. The van der Waals surface area contributed by atoms with Crippen LogP contribution in [-0.2, 0) is 14.3 Å². The molecule has 0 spiro atoms. The first kappa shape index (κ1) is 21.5. The normalized spacial score (nSPS) is 14.6. The maximum atomic E-state index is 12.5. The van der Waals surface area contributed by atoms with Gasteiger partial charge in [0, 0.05) is 15.5 Å². The average Bonchev–Trinajstić information content (AvgIpc) is 2.85. The van der Waals surface area contributed by atoms with Crippen LogP contribution in [0.1, 0.15) is 0 Å². The number of hydrogen-bond donors (Lipinski definition) is 2. The standard InChI is InChI=1S/C15H13Br2F3N2O5/c1-26-14(25)8-6-22(2-3-23)13(24)11(8)21-12-9(16)4-7(5-10(12)17)27-15(18,19)20/h4-5,21,23H,2-3,6H2,1H3. The Hall–Kier alpha value is -1.79. The summed E-state index contributed by atoms with van der Waals surface area (Å²) < 4.78 is 46.0. The van der Waals surface area contributed by atoms with Crippen LogP contribution in [0.2, 0.25) is 0 Å². The number of aliphatic hydroxyl groups is 1. The van der Waals surface area contributed by atoms with E-state index in [9.17, 15) is 22.8 Å². The number of nitrogens with zero attached hydrogens (tertiary/aromatic N) is 1. The third kappa shape index (κ3) is 5.14. The minimum atomic E-state index is -4.86. The predicted octanol–water partition coefficient (Wildman–Crippen LogP) is 2.78. The molecule has 0 radical (unpaired) electrons. The zero-order chi connectivity index (χ0) is 20.4. The van der Waals surface area contributed by atoms with E-state index in [2.05, 4.69) is 46.7 Å². The molecule has 0 atom stereocenters. The molecule has 2 N–H and O–H groups in total. The molecule has 7 nitrogen and oxygen atoms in total. The summed E-state index contributed by atoms with van der Waals surface area (Å²) in [6.45, 7) is -0.367. The van der Waals surface area contributed by atoms with Crippen molar-refractivity contribution in [2.24, 2.45) is 0 Å². The maximum Gasteiger partial charge on any atom is 0.573 e. The van der Waals surface area contributed by atoms with Crippen LogP contribution >= 0.6 is 31.9 Å². The molecule has 148 valence electrons. The van der Waals surface area contributed by atoms with Gasteiger partial charge in [-0.1, -0.05) is 0 Å². The van der Waals surface area contributed by atoms with Crippen LogP contribution in [-0.4, -0.2) is 55.1 Å². The largest absolute Gasteiger partial charge is 0.573 e. The number of methoxy groups -OCH3 is 1. The zero-order valence-electron chi connectivity index (χ0n) is 13.7. The average molecular weight is 518 g/mol. The number of alkyl halides is 3. The lowest BCUT2D eigenvalue weighted by Crippen LogP contribution is -2.31. The first-order valence-electron chi connectivity index (χ1n) is 7.30. The molecule has 0 fully saturated rings. The van der Waals surface area contributed by atoms with E-state index >= 15 is 0 Å². The molecule has 0 saturated carbocycles. The van der Waals surface area contributed by atoms with Crippen molar-refractivity contribution in [3.05, 3.63) is 32.3 Å². The number of anilines is 1. The first-order valence-corrected chi connectivity index (χ1v) is 8.89. The fourth-order valence-corrected chi connectivity index (χ4v) is 3.68. The summed E-state index contributed by atoms with van der Waals surface area (Å²) in [6, 6.07) is 2.12. The number of benzene rings is 1. The van der Waals surface area contributed by atoms with Gasteiger partial charge in [-0.25, -0.2) is 4.79 Å². The van der Waals surface area contributed by atoms with E-state index in [-0.39, 0.29) is 45.6 Å². The minimum absolute atomic E-state index is 0.00517. The van der Waals surface area contributed by atoms with Crippen LogP contribution in [0.4, 0.5) is 18.9 Å². The second-order valence-electron chi connectivity index (χ2n) is 5.23. The molecular formula is C15H13Br2F3N2O5. The topological polar surface area (TPSA) is 88.1 Å². The number of ether oxygens (including phenoxy) is 2. The Balaban J connectivity index is 2.38. The Kier molecular flexibility index (Phi) is 6.76. The van der Waals surface area contributed by atoms with Crippen molar-refractivity contribution in [1.82, 2.24) is 4.90 Å². The summed E-state index contributed by atoms with van der Waals surface area (Å²) in [5, 5.41) is 11.8. The lowest BCUT2D eigenvalue weighted by molar-refractivity contribution is -0.274. The number of carbonyl (C=O) groups excluding carboxylic acids is 2. The number of rotatable bonds is 6. The van der Waals surface area contributed by atoms with Crippen LogP contribution in [0.15, 0.2) is 32.3 Å². The van der Waals surface area contributed by atoms with Crippen LogP contribution in [0.25, 0.3) is 0 Å². The van der Waals surface area contributed by atoms with Gasteiger partial charge in [0.2, 0.25) is 0 Å². The van der Waals surface area contributed by atoms with E-state index < -0.39 is 24.0 Å². The van der Waals surface area contributed by atoms with Crippen LogP contribution < -0.4 is 10.1 Å². The maximum absolute atomic E-state index is 12.5. The van der Waals surface area contributed by atoms with Gasteiger partial charge in [0.25, 0.3) is 5.91 Å². The molecular weight excluding hydrogens is 505 g/mol. The number of esters is 1. The Bertz CT molecular complexity index is 775. The fourth-order valence-electron chi connectivity index (χ4n) is 2.34. The van der Waals surface area contributed by atoms with Gasteiger partial charge in [0.05, 0.1) is 31.5 Å². The number of carbonyl (C=O) groups is 2. The van der Waals surface area contributed by atoms with E-state index in [1.54, 1.807) is 0 Å². The summed E-state index contributed by atoms with van der Waals surface area (Å²) >= 11 is 6.22. The quantitative estimate of drug-likeness (QED) is 0.564. The SMILES string of the molecule is COC(=O)C1=C(Nc2c(Br)cc(OC(F)(F)F)cc2Br)C(=O)N(CCO)C1. The molecule has 1 amide bonds. The smallest absolute Gasteiger partial charge is 0.466 e. The molecule has 1 aromatic rings. The summed E-state index contributed by atoms with van der Waals surface area (Å²) in [5.41, 5.74) is 0.145. The number of amides is 1. The molecule has 1 heterocycles. The van der Waals surface area contributed by atoms with Gasteiger partial charge in [0.15, 0.2) is 0 Å². The molecule has 1 aromatic carbocycles. The molecule has 0 saturated heterocycles. The highest BCUT2D eigenvalue weighted by molar-refractivity contribution is 9.11. The molecule has 0 aliphatic carbocycles. The van der Waals surface area contributed by atoms with Crippen LogP contribution in [0.5, 0.6) is 5.75 Å². The van der Waals surface area contributed by atoms with Gasteiger partial charge in [-0.3, -0.25) is 4.79 Å². The van der Waals surface area contributed by atoms with E-state index in [0.29, 0.717) is 0 Å². The summed E-state index contributed by atoms with van der Waals surface area (Å²) in [6.07, 6.45) is -4.86. The number of halogens is 5. The van der Waals surface area contributed by atoms with Crippen molar-refractivity contribution >= 4 is 49.4 Å².